The third kappa shape index (κ3) is 3.33. The minimum Gasteiger partial charge on any atom is -0.134 e. The molecule has 0 saturated heterocycles. The summed E-state index contributed by atoms with van der Waals surface area (Å²) in [5.41, 5.74) is 5.24. The largest absolute Gasteiger partial charge is 0.134 e. The number of benzene rings is 8. The van der Waals surface area contributed by atoms with Gasteiger partial charge in [-0.3, -0.25) is 0 Å². The van der Waals surface area contributed by atoms with Crippen molar-refractivity contribution in [3.63, 3.8) is 0 Å². The molecule has 0 radical (unpaired) electrons. The summed E-state index contributed by atoms with van der Waals surface area (Å²) in [4.78, 5) is 0. The molecule has 10 aromatic rings. The molecule has 0 bridgehead atoms. The zero-order chi connectivity index (χ0) is 28.8. The van der Waals surface area contributed by atoms with Gasteiger partial charge in [0.2, 0.25) is 0 Å². The fraction of sp³-hybridized carbons (Fsp3) is 0. The highest BCUT2D eigenvalue weighted by molar-refractivity contribution is 7.33. The van der Waals surface area contributed by atoms with E-state index in [1.54, 1.807) is 0 Å². The first kappa shape index (κ1) is 24.4. The third-order valence-corrected chi connectivity index (χ3v) is 11.8. The van der Waals surface area contributed by atoms with Gasteiger partial charge in [-0.1, -0.05) is 127 Å². The van der Waals surface area contributed by atoms with E-state index < -0.39 is 0 Å². The molecule has 0 atom stereocenters. The molecule has 204 valence electrons. The first-order valence-corrected chi connectivity index (χ1v) is 16.7. The lowest BCUT2D eigenvalue weighted by molar-refractivity contribution is 1.70. The summed E-state index contributed by atoms with van der Waals surface area (Å²) in [5, 5.41) is 13.1. The zero-order valence-electron chi connectivity index (χ0n) is 23.7. The van der Waals surface area contributed by atoms with Crippen LogP contribution in [-0.4, -0.2) is 0 Å². The van der Waals surface area contributed by atoms with Crippen LogP contribution < -0.4 is 0 Å². The molecule has 0 saturated carbocycles. The summed E-state index contributed by atoms with van der Waals surface area (Å²) in [6.45, 7) is 0. The Hall–Kier alpha value is -5.02. The molecule has 2 heterocycles. The van der Waals surface area contributed by atoms with E-state index in [1.807, 2.05) is 22.7 Å². The van der Waals surface area contributed by atoms with Gasteiger partial charge < -0.3 is 0 Å². The molecule has 2 heteroatoms. The van der Waals surface area contributed by atoms with Gasteiger partial charge in [-0.25, -0.2) is 0 Å². The number of hydrogen-bond donors (Lipinski definition) is 0. The number of thiophene rings is 2. The second-order valence-electron chi connectivity index (χ2n) is 11.6. The molecule has 0 N–H and O–H groups in total. The molecular weight excluding hydrogens is 569 g/mol. The minimum atomic E-state index is 1.27. The van der Waals surface area contributed by atoms with E-state index >= 15 is 0 Å². The van der Waals surface area contributed by atoms with Gasteiger partial charge in [-0.05, 0) is 72.8 Å². The lowest BCUT2D eigenvalue weighted by atomic mass is 9.83. The van der Waals surface area contributed by atoms with Crippen LogP contribution in [0.15, 0.2) is 146 Å². The van der Waals surface area contributed by atoms with E-state index in [1.165, 1.54) is 94.9 Å². The highest BCUT2D eigenvalue weighted by Gasteiger charge is 2.23. The lowest BCUT2D eigenvalue weighted by Gasteiger charge is -2.19. The Kier molecular flexibility index (Phi) is 5.13. The topological polar surface area (TPSA) is 0 Å². The van der Waals surface area contributed by atoms with Crippen molar-refractivity contribution in [2.45, 2.75) is 0 Å². The first-order valence-electron chi connectivity index (χ1n) is 15.0. The number of fused-ring (bicyclic) bond motifs is 10. The van der Waals surface area contributed by atoms with Crippen LogP contribution in [0.25, 0.3) is 94.9 Å². The zero-order valence-corrected chi connectivity index (χ0v) is 25.3. The highest BCUT2D eigenvalue weighted by atomic mass is 32.1. The summed E-state index contributed by atoms with van der Waals surface area (Å²) < 4.78 is 5.48. The lowest BCUT2D eigenvalue weighted by Crippen LogP contribution is -1.92. The molecule has 0 aliphatic rings. The Morgan fingerprint density at radius 2 is 0.795 bits per heavy atom. The monoisotopic (exact) mass is 592 g/mol. The molecule has 0 spiro atoms. The Labute approximate surface area is 262 Å². The van der Waals surface area contributed by atoms with Gasteiger partial charge in [-0.2, -0.15) is 0 Å². The molecule has 0 unspecified atom stereocenters. The smallest absolute Gasteiger partial charge is 0.0540 e. The predicted molar refractivity (Wildman–Crippen MR) is 196 cm³/mol. The van der Waals surface area contributed by atoms with Gasteiger partial charge in [0, 0.05) is 30.9 Å². The molecule has 8 aromatic carbocycles. The standard InChI is InChI=1S/C42H24S2/c1-2-14-26-25(12-1)13-11-21-28(26)38-29-16-3-5-18-31(29)39(32-19-6-4-17-30(32)38)35-24-34-27-15-7-9-22-36(27)43-41(34)42-40(35)33-20-8-10-23-37(33)44-42/h1-24H. The van der Waals surface area contributed by atoms with Gasteiger partial charge in [0.1, 0.15) is 0 Å². The van der Waals surface area contributed by atoms with E-state index in [4.69, 9.17) is 0 Å². The van der Waals surface area contributed by atoms with E-state index in [2.05, 4.69) is 146 Å². The second-order valence-corrected chi connectivity index (χ2v) is 13.7. The van der Waals surface area contributed by atoms with Crippen LogP contribution >= 0.6 is 22.7 Å². The number of rotatable bonds is 2. The van der Waals surface area contributed by atoms with Crippen molar-refractivity contribution < 1.29 is 0 Å². The van der Waals surface area contributed by atoms with Crippen LogP contribution in [0, 0.1) is 0 Å². The predicted octanol–water partition coefficient (Wildman–Crippen LogP) is 13.2. The van der Waals surface area contributed by atoms with Crippen LogP contribution in [0.4, 0.5) is 0 Å². The van der Waals surface area contributed by atoms with Crippen molar-refractivity contribution in [2.75, 3.05) is 0 Å². The van der Waals surface area contributed by atoms with E-state index in [9.17, 15) is 0 Å². The Morgan fingerprint density at radius 3 is 1.48 bits per heavy atom. The molecule has 0 fully saturated rings. The first-order chi connectivity index (χ1) is 21.8. The molecule has 2 aromatic heterocycles. The maximum absolute atomic E-state index is 2.50. The van der Waals surface area contributed by atoms with Crippen molar-refractivity contribution in [3.8, 4) is 22.3 Å². The van der Waals surface area contributed by atoms with Crippen molar-refractivity contribution in [1.82, 2.24) is 0 Å². The molecular formula is C42H24S2. The third-order valence-electron chi connectivity index (χ3n) is 9.25. The van der Waals surface area contributed by atoms with Crippen LogP contribution in [0.3, 0.4) is 0 Å². The van der Waals surface area contributed by atoms with Gasteiger partial charge in [-0.15, -0.1) is 22.7 Å². The summed E-state index contributed by atoms with van der Waals surface area (Å²) >= 11 is 3.87. The summed E-state index contributed by atoms with van der Waals surface area (Å²) in [5.74, 6) is 0. The fourth-order valence-electron chi connectivity index (χ4n) is 7.42. The van der Waals surface area contributed by atoms with E-state index in [0.717, 1.165) is 0 Å². The average Bonchev–Trinajstić information content (AvgIpc) is 3.66. The second kappa shape index (κ2) is 9.24. The molecule has 0 aliphatic heterocycles. The minimum absolute atomic E-state index is 1.27. The Morgan fingerprint density at radius 1 is 0.318 bits per heavy atom. The average molecular weight is 593 g/mol. The van der Waals surface area contributed by atoms with Crippen molar-refractivity contribution in [1.29, 1.82) is 0 Å². The van der Waals surface area contributed by atoms with Crippen molar-refractivity contribution >= 4 is 95.3 Å². The van der Waals surface area contributed by atoms with Crippen molar-refractivity contribution in [3.05, 3.63) is 146 Å². The molecule has 0 aliphatic carbocycles. The van der Waals surface area contributed by atoms with Gasteiger partial charge in [0.25, 0.3) is 0 Å². The summed E-state index contributed by atoms with van der Waals surface area (Å²) in [7, 11) is 0. The van der Waals surface area contributed by atoms with Crippen LogP contribution in [0.5, 0.6) is 0 Å². The summed E-state index contributed by atoms with van der Waals surface area (Å²) in [6, 6.07) is 53.9. The Bertz CT molecular complexity index is 2710. The fourth-order valence-corrected chi connectivity index (χ4v) is 9.97. The number of hydrogen-bond acceptors (Lipinski definition) is 2. The van der Waals surface area contributed by atoms with Crippen LogP contribution in [0.1, 0.15) is 0 Å². The van der Waals surface area contributed by atoms with Gasteiger partial charge >= 0.3 is 0 Å². The van der Waals surface area contributed by atoms with Gasteiger partial charge in [0.15, 0.2) is 0 Å². The molecule has 44 heavy (non-hydrogen) atoms. The van der Waals surface area contributed by atoms with Crippen LogP contribution in [-0.2, 0) is 0 Å². The molecule has 10 rings (SSSR count). The normalized spacial score (nSPS) is 12.1. The SMILES string of the molecule is c1ccc2c(-c3c4ccccc4c(-c4cc5c6ccccc6sc5c5sc6ccccc6c45)c4ccccc34)cccc2c1. The van der Waals surface area contributed by atoms with E-state index in [0.29, 0.717) is 0 Å². The van der Waals surface area contributed by atoms with E-state index in [-0.39, 0.29) is 0 Å². The Balaban J connectivity index is 1.44. The maximum atomic E-state index is 2.50. The maximum Gasteiger partial charge on any atom is 0.0540 e. The van der Waals surface area contributed by atoms with Crippen LogP contribution in [0.2, 0.25) is 0 Å². The highest BCUT2D eigenvalue weighted by Crippen LogP contribution is 2.52. The summed E-state index contributed by atoms with van der Waals surface area (Å²) in [6.07, 6.45) is 0. The van der Waals surface area contributed by atoms with Gasteiger partial charge in [0.05, 0.1) is 9.40 Å². The molecule has 0 amide bonds. The quantitative estimate of drug-likeness (QED) is 0.175. The van der Waals surface area contributed by atoms with Crippen molar-refractivity contribution in [2.24, 2.45) is 0 Å². The molecule has 0 nitrogen and oxygen atoms in total.